The lowest BCUT2D eigenvalue weighted by atomic mass is 10.2. The molecule has 21 heavy (non-hydrogen) atoms. The van der Waals surface area contributed by atoms with Crippen LogP contribution >= 0.6 is 24.0 Å². The van der Waals surface area contributed by atoms with Gasteiger partial charge in [-0.3, -0.25) is 9.69 Å². The average molecular weight is 321 g/mol. The summed E-state index contributed by atoms with van der Waals surface area (Å²) in [7, 11) is 0. The molecule has 112 valence electrons. The molecule has 0 spiro atoms. The fourth-order valence-corrected chi connectivity index (χ4v) is 3.23. The minimum absolute atomic E-state index is 0.00682. The van der Waals surface area contributed by atoms with Gasteiger partial charge in [0.2, 0.25) is 0 Å². The molecule has 0 bridgehead atoms. The Bertz CT molecular complexity index is 564. The van der Waals surface area contributed by atoms with Crippen molar-refractivity contribution < 1.29 is 9.53 Å². The average Bonchev–Trinajstić information content (AvgIpc) is 2.72. The van der Waals surface area contributed by atoms with Gasteiger partial charge >= 0.3 is 0 Å². The molecule has 0 atom stereocenters. The lowest BCUT2D eigenvalue weighted by Crippen LogP contribution is -2.27. The van der Waals surface area contributed by atoms with Crippen LogP contribution in [0.25, 0.3) is 6.08 Å². The van der Waals surface area contributed by atoms with E-state index in [-0.39, 0.29) is 5.91 Å². The van der Waals surface area contributed by atoms with Gasteiger partial charge in [-0.15, -0.1) is 0 Å². The van der Waals surface area contributed by atoms with Gasteiger partial charge in [0.25, 0.3) is 5.91 Å². The van der Waals surface area contributed by atoms with E-state index < -0.39 is 0 Å². The molecule has 0 saturated carbocycles. The predicted molar refractivity (Wildman–Crippen MR) is 92.3 cm³/mol. The first-order chi connectivity index (χ1) is 10.0. The maximum Gasteiger partial charge on any atom is 0.266 e. The summed E-state index contributed by atoms with van der Waals surface area (Å²) in [5.41, 5.74) is 0.975. The first kappa shape index (κ1) is 16.0. The van der Waals surface area contributed by atoms with E-state index >= 15 is 0 Å². The Morgan fingerprint density at radius 3 is 2.52 bits per heavy atom. The van der Waals surface area contributed by atoms with Gasteiger partial charge in [0.05, 0.1) is 11.5 Å². The van der Waals surface area contributed by atoms with Crippen molar-refractivity contribution in [1.29, 1.82) is 0 Å². The molecule has 0 radical (unpaired) electrons. The van der Waals surface area contributed by atoms with E-state index in [9.17, 15) is 4.79 Å². The third-order valence-corrected chi connectivity index (χ3v) is 4.33. The lowest BCUT2D eigenvalue weighted by Gasteiger charge is -2.09. The van der Waals surface area contributed by atoms with E-state index in [1.807, 2.05) is 37.3 Å². The Balaban J connectivity index is 2.08. The highest BCUT2D eigenvalue weighted by atomic mass is 32.2. The minimum Gasteiger partial charge on any atom is -0.493 e. The number of amides is 1. The molecule has 1 aliphatic rings. The molecule has 1 aliphatic heterocycles. The molecule has 1 aromatic carbocycles. The molecule has 0 aliphatic carbocycles. The van der Waals surface area contributed by atoms with E-state index in [1.54, 1.807) is 4.90 Å². The van der Waals surface area contributed by atoms with Crippen molar-refractivity contribution in [2.24, 2.45) is 5.92 Å². The fraction of sp³-hybridized carbons (Fsp3) is 0.375. The van der Waals surface area contributed by atoms with Gasteiger partial charge in [0, 0.05) is 6.54 Å². The van der Waals surface area contributed by atoms with E-state index in [0.717, 1.165) is 11.3 Å². The van der Waals surface area contributed by atoms with Crippen molar-refractivity contribution in [3.63, 3.8) is 0 Å². The SMILES string of the molecule is CCN1C(=O)/C(=C\c2ccc(OCC(C)C)cc2)SC1=S. The van der Waals surface area contributed by atoms with Crippen LogP contribution in [-0.2, 0) is 4.79 Å². The van der Waals surface area contributed by atoms with Gasteiger partial charge in [-0.25, -0.2) is 0 Å². The van der Waals surface area contributed by atoms with Crippen molar-refractivity contribution in [3.8, 4) is 5.75 Å². The number of hydrogen-bond acceptors (Lipinski definition) is 4. The highest BCUT2D eigenvalue weighted by Crippen LogP contribution is 2.32. The smallest absolute Gasteiger partial charge is 0.266 e. The second-order valence-corrected chi connectivity index (χ2v) is 6.88. The summed E-state index contributed by atoms with van der Waals surface area (Å²) in [6.45, 7) is 7.47. The number of rotatable bonds is 5. The number of ether oxygens (including phenoxy) is 1. The first-order valence-corrected chi connectivity index (χ1v) is 8.22. The third kappa shape index (κ3) is 4.08. The zero-order valence-corrected chi connectivity index (χ0v) is 14.1. The van der Waals surface area contributed by atoms with Crippen molar-refractivity contribution in [1.82, 2.24) is 4.90 Å². The third-order valence-electron chi connectivity index (χ3n) is 2.95. The van der Waals surface area contributed by atoms with Crippen molar-refractivity contribution in [3.05, 3.63) is 34.7 Å². The number of thiocarbonyl (C=S) groups is 1. The maximum absolute atomic E-state index is 12.1. The Morgan fingerprint density at radius 2 is 2.00 bits per heavy atom. The number of benzene rings is 1. The van der Waals surface area contributed by atoms with Gasteiger partial charge in [0.15, 0.2) is 0 Å². The van der Waals surface area contributed by atoms with Crippen LogP contribution in [0, 0.1) is 5.92 Å². The van der Waals surface area contributed by atoms with Crippen molar-refractivity contribution in [2.45, 2.75) is 20.8 Å². The Labute approximate surface area is 135 Å². The number of nitrogens with zero attached hydrogens (tertiary/aromatic N) is 1. The van der Waals surface area contributed by atoms with Crippen LogP contribution in [0.15, 0.2) is 29.2 Å². The summed E-state index contributed by atoms with van der Waals surface area (Å²) in [5, 5.41) is 0. The Hall–Kier alpha value is -1.33. The number of thioether (sulfide) groups is 1. The van der Waals surface area contributed by atoms with Crippen molar-refractivity contribution in [2.75, 3.05) is 13.2 Å². The second-order valence-electron chi connectivity index (χ2n) is 5.20. The van der Waals surface area contributed by atoms with Crippen LogP contribution in [-0.4, -0.2) is 28.3 Å². The molecule has 5 heteroatoms. The minimum atomic E-state index is -0.00682. The topological polar surface area (TPSA) is 29.5 Å². The standard InChI is InChI=1S/C16H19NO2S2/c1-4-17-15(18)14(21-16(17)20)9-12-5-7-13(8-6-12)19-10-11(2)3/h5-9,11H,4,10H2,1-3H3/b14-9+. The number of carbonyl (C=O) groups is 1. The van der Waals surface area contributed by atoms with Crippen LogP contribution in [0.3, 0.4) is 0 Å². The summed E-state index contributed by atoms with van der Waals surface area (Å²) in [6.07, 6.45) is 1.88. The molecule has 2 rings (SSSR count). The van der Waals surface area contributed by atoms with Crippen LogP contribution in [0.2, 0.25) is 0 Å². The molecule has 1 fully saturated rings. The number of carbonyl (C=O) groups excluding carboxylic acids is 1. The maximum atomic E-state index is 12.1. The molecule has 0 aromatic heterocycles. The Morgan fingerprint density at radius 1 is 1.33 bits per heavy atom. The van der Waals surface area contributed by atoms with Crippen LogP contribution < -0.4 is 4.74 Å². The highest BCUT2D eigenvalue weighted by Gasteiger charge is 2.30. The number of likely N-dealkylation sites (N-methyl/N-ethyl adjacent to an activating group) is 1. The zero-order chi connectivity index (χ0) is 15.4. The van der Waals surface area contributed by atoms with Gasteiger partial charge < -0.3 is 4.74 Å². The van der Waals surface area contributed by atoms with Crippen LogP contribution in [0.5, 0.6) is 5.75 Å². The molecule has 1 saturated heterocycles. The quantitative estimate of drug-likeness (QED) is 0.607. The fourth-order valence-electron chi connectivity index (χ4n) is 1.85. The molecule has 1 amide bonds. The van der Waals surface area contributed by atoms with Crippen molar-refractivity contribution >= 4 is 40.3 Å². The zero-order valence-electron chi connectivity index (χ0n) is 12.5. The van der Waals surface area contributed by atoms with Gasteiger partial charge in [-0.05, 0) is 36.6 Å². The first-order valence-electron chi connectivity index (χ1n) is 6.99. The lowest BCUT2D eigenvalue weighted by molar-refractivity contribution is -0.121. The van der Waals surface area contributed by atoms with Gasteiger partial charge in [0.1, 0.15) is 10.1 Å². The molecule has 1 heterocycles. The predicted octanol–water partition coefficient (Wildman–Crippen LogP) is 3.94. The van der Waals surface area contributed by atoms with Gasteiger partial charge in [-0.2, -0.15) is 0 Å². The molecular formula is C16H19NO2S2. The largest absolute Gasteiger partial charge is 0.493 e. The van der Waals surface area contributed by atoms with E-state index in [1.165, 1.54) is 11.8 Å². The molecule has 3 nitrogen and oxygen atoms in total. The van der Waals surface area contributed by atoms with E-state index in [0.29, 0.717) is 28.3 Å². The summed E-state index contributed by atoms with van der Waals surface area (Å²) in [6, 6.07) is 7.76. The molecule has 1 aromatic rings. The normalized spacial score (nSPS) is 17.1. The van der Waals surface area contributed by atoms with E-state index in [4.69, 9.17) is 17.0 Å². The van der Waals surface area contributed by atoms with Crippen LogP contribution in [0.1, 0.15) is 26.3 Å². The summed E-state index contributed by atoms with van der Waals surface area (Å²) >= 11 is 6.55. The molecule has 0 N–H and O–H groups in total. The highest BCUT2D eigenvalue weighted by molar-refractivity contribution is 8.26. The molecule has 0 unspecified atom stereocenters. The molecular weight excluding hydrogens is 302 g/mol. The summed E-state index contributed by atoms with van der Waals surface area (Å²) < 4.78 is 6.27. The summed E-state index contributed by atoms with van der Waals surface area (Å²) in [4.78, 5) is 14.4. The Kier molecular flexibility index (Phi) is 5.42. The monoisotopic (exact) mass is 321 g/mol. The summed E-state index contributed by atoms with van der Waals surface area (Å²) in [5.74, 6) is 1.34. The van der Waals surface area contributed by atoms with Crippen LogP contribution in [0.4, 0.5) is 0 Å². The van der Waals surface area contributed by atoms with Gasteiger partial charge in [-0.1, -0.05) is 50.0 Å². The number of hydrogen-bond donors (Lipinski definition) is 0. The second kappa shape index (κ2) is 7.09. The van der Waals surface area contributed by atoms with E-state index in [2.05, 4.69) is 13.8 Å².